The van der Waals surface area contributed by atoms with Gasteiger partial charge in [0.05, 0.1) is 17.7 Å². The fraction of sp³-hybridized carbons (Fsp3) is 0.833. The minimum Gasteiger partial charge on any atom is -0.306 e. The molecule has 0 aromatic rings. The van der Waals surface area contributed by atoms with Gasteiger partial charge in [0.25, 0.3) is 0 Å². The second kappa shape index (κ2) is 4.47. The van der Waals surface area contributed by atoms with Crippen LogP contribution in [0, 0.1) is 11.3 Å². The van der Waals surface area contributed by atoms with Crippen LogP contribution in [0.25, 0.3) is 0 Å². The van der Waals surface area contributed by atoms with Gasteiger partial charge in [-0.05, 0) is 24.7 Å². The first-order valence-electron chi connectivity index (χ1n) is 5.94. The molecule has 0 spiro atoms. The fourth-order valence-corrected chi connectivity index (χ4v) is 3.10. The Morgan fingerprint density at radius 1 is 1.56 bits per heavy atom. The van der Waals surface area contributed by atoms with Gasteiger partial charge in [0, 0.05) is 11.8 Å². The molecule has 2 atom stereocenters. The van der Waals surface area contributed by atoms with Crippen molar-refractivity contribution < 1.29 is 4.79 Å². The predicted molar refractivity (Wildman–Crippen MR) is 68.9 cm³/mol. The molecule has 4 heteroatoms. The third kappa shape index (κ3) is 2.31. The maximum Gasteiger partial charge on any atom is 0.144 e. The Labute approximate surface area is 105 Å². The molecule has 0 saturated heterocycles. The monoisotopic (exact) mass is 286 g/mol. The van der Waals surface area contributed by atoms with E-state index in [9.17, 15) is 4.79 Å². The van der Waals surface area contributed by atoms with Crippen LogP contribution in [-0.2, 0) is 4.79 Å². The van der Waals surface area contributed by atoms with Crippen molar-refractivity contribution in [1.29, 1.82) is 0 Å². The van der Waals surface area contributed by atoms with Crippen molar-refractivity contribution in [3.8, 4) is 0 Å². The van der Waals surface area contributed by atoms with Crippen molar-refractivity contribution in [3.63, 3.8) is 0 Å². The van der Waals surface area contributed by atoms with Crippen molar-refractivity contribution in [2.24, 2.45) is 16.4 Å². The zero-order chi connectivity index (χ0) is 11.8. The largest absolute Gasteiger partial charge is 0.306 e. The molecule has 1 aliphatic carbocycles. The number of carbonyl (C=O) groups is 1. The molecule has 1 saturated carbocycles. The number of hydrogen-bond acceptors (Lipinski definition) is 3. The number of alkyl halides is 1. The summed E-state index contributed by atoms with van der Waals surface area (Å²) >= 11 is 3.42. The highest BCUT2D eigenvalue weighted by Crippen LogP contribution is 2.39. The number of hydrazone groups is 1. The van der Waals surface area contributed by atoms with E-state index in [1.165, 1.54) is 0 Å². The summed E-state index contributed by atoms with van der Waals surface area (Å²) in [5.41, 5.74) is 4.36. The Balaban J connectivity index is 2.06. The molecule has 0 radical (unpaired) electrons. The SMILES string of the molecule is CC1(C)CC(=O)[C@H]2C(CCCBr)=NN[C@@H]2C1. The molecule has 0 aromatic carbocycles. The highest BCUT2D eigenvalue weighted by atomic mass is 79.9. The lowest BCUT2D eigenvalue weighted by Crippen LogP contribution is -2.45. The van der Waals surface area contributed by atoms with Crippen molar-refractivity contribution in [2.75, 3.05) is 5.33 Å². The lowest BCUT2D eigenvalue weighted by atomic mass is 9.68. The molecule has 0 aromatic heterocycles. The summed E-state index contributed by atoms with van der Waals surface area (Å²) in [7, 11) is 0. The normalized spacial score (nSPS) is 31.9. The molecule has 1 N–H and O–H groups in total. The number of halogens is 1. The van der Waals surface area contributed by atoms with Crippen LogP contribution in [0.5, 0.6) is 0 Å². The van der Waals surface area contributed by atoms with Gasteiger partial charge < -0.3 is 5.43 Å². The Morgan fingerprint density at radius 3 is 3.00 bits per heavy atom. The van der Waals surface area contributed by atoms with Crippen LogP contribution in [0.1, 0.15) is 39.5 Å². The number of carbonyl (C=O) groups excluding carboxylic acids is 1. The number of nitrogens with zero attached hydrogens (tertiary/aromatic N) is 1. The quantitative estimate of drug-likeness (QED) is 0.810. The summed E-state index contributed by atoms with van der Waals surface area (Å²) in [5, 5.41) is 5.33. The molecule has 2 aliphatic rings. The molecule has 3 nitrogen and oxygen atoms in total. The van der Waals surface area contributed by atoms with Gasteiger partial charge in [-0.25, -0.2) is 0 Å². The van der Waals surface area contributed by atoms with Crippen LogP contribution in [0.15, 0.2) is 5.10 Å². The van der Waals surface area contributed by atoms with Crippen LogP contribution in [-0.4, -0.2) is 22.9 Å². The molecular weight excluding hydrogens is 268 g/mol. The molecule has 0 amide bonds. The second-order valence-corrected chi connectivity index (χ2v) is 6.41. The number of fused-ring (bicyclic) bond motifs is 1. The molecule has 16 heavy (non-hydrogen) atoms. The van der Waals surface area contributed by atoms with E-state index >= 15 is 0 Å². The molecule has 90 valence electrons. The fourth-order valence-electron chi connectivity index (χ4n) is 2.82. The second-order valence-electron chi connectivity index (χ2n) is 5.62. The number of nitrogens with one attached hydrogen (secondary N) is 1. The minimum atomic E-state index is 0.0621. The lowest BCUT2D eigenvalue weighted by Gasteiger charge is -2.36. The van der Waals surface area contributed by atoms with Crippen LogP contribution in [0.2, 0.25) is 0 Å². The first kappa shape index (κ1) is 12.1. The minimum absolute atomic E-state index is 0.0621. The molecule has 1 fully saturated rings. The summed E-state index contributed by atoms with van der Waals surface area (Å²) < 4.78 is 0. The van der Waals surface area contributed by atoms with Gasteiger partial charge in [0.2, 0.25) is 0 Å². The van der Waals surface area contributed by atoms with Crippen molar-refractivity contribution in [2.45, 2.75) is 45.6 Å². The third-order valence-electron chi connectivity index (χ3n) is 3.47. The molecule has 0 unspecified atom stereocenters. The van der Waals surface area contributed by atoms with Gasteiger partial charge in [-0.15, -0.1) is 0 Å². The van der Waals surface area contributed by atoms with E-state index in [1.807, 2.05) is 0 Å². The Kier molecular flexibility index (Phi) is 3.38. The number of hydrogen-bond donors (Lipinski definition) is 1. The number of rotatable bonds is 3. The topological polar surface area (TPSA) is 41.5 Å². The van der Waals surface area contributed by atoms with Gasteiger partial charge in [-0.1, -0.05) is 29.8 Å². The average molecular weight is 287 g/mol. The summed E-state index contributed by atoms with van der Waals surface area (Å²) in [6.45, 7) is 4.33. The molecule has 1 heterocycles. The Morgan fingerprint density at radius 2 is 2.31 bits per heavy atom. The van der Waals surface area contributed by atoms with E-state index < -0.39 is 0 Å². The third-order valence-corrected chi connectivity index (χ3v) is 4.03. The molecule has 1 aliphatic heterocycles. The summed E-state index contributed by atoms with van der Waals surface area (Å²) in [6.07, 6.45) is 3.74. The first-order chi connectivity index (χ1) is 7.53. The van der Waals surface area contributed by atoms with Gasteiger partial charge >= 0.3 is 0 Å². The van der Waals surface area contributed by atoms with Gasteiger partial charge in [0.1, 0.15) is 5.78 Å². The van der Waals surface area contributed by atoms with Gasteiger partial charge in [-0.3, -0.25) is 4.79 Å². The van der Waals surface area contributed by atoms with E-state index in [2.05, 4.69) is 40.3 Å². The zero-order valence-corrected chi connectivity index (χ0v) is 11.5. The van der Waals surface area contributed by atoms with Gasteiger partial charge in [0.15, 0.2) is 0 Å². The van der Waals surface area contributed by atoms with Crippen LogP contribution < -0.4 is 5.43 Å². The standard InChI is InChI=1S/C12H19BrN2O/c1-12(2)6-9-11(10(16)7-12)8(14-15-9)4-3-5-13/h9,11,15H,3-7H2,1-2H3/t9-,11+/m1/s1. The summed E-state index contributed by atoms with van der Waals surface area (Å²) in [4.78, 5) is 12.1. The predicted octanol–water partition coefficient (Wildman–Crippen LogP) is 2.49. The van der Waals surface area contributed by atoms with E-state index in [1.54, 1.807) is 0 Å². The van der Waals surface area contributed by atoms with Crippen LogP contribution in [0.4, 0.5) is 0 Å². The van der Waals surface area contributed by atoms with Crippen molar-refractivity contribution >= 4 is 27.4 Å². The smallest absolute Gasteiger partial charge is 0.144 e. The van der Waals surface area contributed by atoms with E-state index in [0.717, 1.165) is 30.3 Å². The van der Waals surface area contributed by atoms with Crippen molar-refractivity contribution in [3.05, 3.63) is 0 Å². The van der Waals surface area contributed by atoms with Crippen LogP contribution in [0.3, 0.4) is 0 Å². The van der Waals surface area contributed by atoms with E-state index in [0.29, 0.717) is 12.2 Å². The maximum atomic E-state index is 12.1. The molecular formula is C12H19BrN2O. The summed E-state index contributed by atoms with van der Waals surface area (Å²) in [5.74, 6) is 0.437. The number of Topliss-reactive ketones (excluding diaryl/α,β-unsaturated/α-hetero) is 1. The average Bonchev–Trinajstić information content (AvgIpc) is 2.56. The highest BCUT2D eigenvalue weighted by molar-refractivity contribution is 9.09. The van der Waals surface area contributed by atoms with Crippen LogP contribution >= 0.6 is 15.9 Å². The lowest BCUT2D eigenvalue weighted by molar-refractivity contribution is -0.126. The molecule has 0 bridgehead atoms. The molecule has 2 rings (SSSR count). The maximum absolute atomic E-state index is 12.1. The Hall–Kier alpha value is -0.380. The van der Waals surface area contributed by atoms with E-state index in [4.69, 9.17) is 0 Å². The van der Waals surface area contributed by atoms with Crippen molar-refractivity contribution in [1.82, 2.24) is 5.43 Å². The first-order valence-corrected chi connectivity index (χ1v) is 7.06. The summed E-state index contributed by atoms with van der Waals surface area (Å²) in [6, 6.07) is 0.251. The number of ketones is 1. The van der Waals surface area contributed by atoms with Gasteiger partial charge in [-0.2, -0.15) is 5.10 Å². The Bertz CT molecular complexity index is 325. The highest BCUT2D eigenvalue weighted by Gasteiger charge is 2.45. The van der Waals surface area contributed by atoms with E-state index in [-0.39, 0.29) is 17.4 Å². The zero-order valence-electron chi connectivity index (χ0n) is 9.92.